The van der Waals surface area contributed by atoms with E-state index < -0.39 is 0 Å². The number of pyridine rings is 1. The van der Waals surface area contributed by atoms with Gasteiger partial charge in [-0.2, -0.15) is 0 Å². The van der Waals surface area contributed by atoms with E-state index in [1.807, 2.05) is 0 Å². The first-order valence-corrected chi connectivity index (χ1v) is 6.39. The quantitative estimate of drug-likeness (QED) is 0.784. The standard InChI is InChI=1S/C15H18N2.ClH/c1-3-17-9-8-15-13(10-17)11(2)12-6-4-5-7-14(12)16-15;/h4-7H,3,8-10H2,1-2H3;1H. The van der Waals surface area contributed by atoms with Crippen LogP contribution in [0.2, 0.25) is 0 Å². The number of hydrogen-bond acceptors (Lipinski definition) is 2. The molecule has 2 heterocycles. The summed E-state index contributed by atoms with van der Waals surface area (Å²) in [7, 11) is 0. The zero-order chi connectivity index (χ0) is 11.8. The summed E-state index contributed by atoms with van der Waals surface area (Å²) >= 11 is 0. The average molecular weight is 263 g/mol. The molecule has 2 nitrogen and oxygen atoms in total. The maximum atomic E-state index is 4.82. The van der Waals surface area contributed by atoms with E-state index in [1.165, 1.54) is 22.2 Å². The van der Waals surface area contributed by atoms with E-state index >= 15 is 0 Å². The third-order valence-corrected chi connectivity index (χ3v) is 3.86. The van der Waals surface area contributed by atoms with Crippen molar-refractivity contribution in [2.24, 2.45) is 0 Å². The number of benzene rings is 1. The second kappa shape index (κ2) is 5.25. The van der Waals surface area contributed by atoms with E-state index in [4.69, 9.17) is 4.98 Å². The summed E-state index contributed by atoms with van der Waals surface area (Å²) in [6.45, 7) is 7.81. The first kappa shape index (κ1) is 13.3. The molecule has 1 aromatic carbocycles. The van der Waals surface area contributed by atoms with Crippen LogP contribution in [-0.4, -0.2) is 23.0 Å². The molecule has 0 saturated heterocycles. The fourth-order valence-electron chi connectivity index (χ4n) is 2.73. The van der Waals surface area contributed by atoms with Crippen LogP contribution in [0.3, 0.4) is 0 Å². The van der Waals surface area contributed by atoms with E-state index in [1.54, 1.807) is 0 Å². The van der Waals surface area contributed by atoms with Gasteiger partial charge in [0, 0.05) is 30.6 Å². The fourth-order valence-corrected chi connectivity index (χ4v) is 2.73. The Morgan fingerprint density at radius 3 is 2.83 bits per heavy atom. The van der Waals surface area contributed by atoms with E-state index in [-0.39, 0.29) is 12.4 Å². The molecule has 96 valence electrons. The van der Waals surface area contributed by atoms with Gasteiger partial charge < -0.3 is 0 Å². The molecule has 0 unspecified atom stereocenters. The summed E-state index contributed by atoms with van der Waals surface area (Å²) in [5.74, 6) is 0. The van der Waals surface area contributed by atoms with Gasteiger partial charge in [-0.05, 0) is 30.7 Å². The summed E-state index contributed by atoms with van der Waals surface area (Å²) in [6, 6.07) is 8.48. The van der Waals surface area contributed by atoms with Crippen molar-refractivity contribution in [3.05, 3.63) is 41.1 Å². The van der Waals surface area contributed by atoms with Crippen molar-refractivity contribution < 1.29 is 0 Å². The molecule has 0 aliphatic carbocycles. The molecule has 0 atom stereocenters. The number of aromatic nitrogens is 1. The van der Waals surface area contributed by atoms with Gasteiger partial charge in [0.15, 0.2) is 0 Å². The lowest BCUT2D eigenvalue weighted by molar-refractivity contribution is 0.265. The number of nitrogens with zero attached hydrogens (tertiary/aromatic N) is 2. The van der Waals surface area contributed by atoms with Crippen molar-refractivity contribution in [2.75, 3.05) is 13.1 Å². The van der Waals surface area contributed by atoms with Gasteiger partial charge in [0.25, 0.3) is 0 Å². The van der Waals surface area contributed by atoms with Crippen LogP contribution in [0.25, 0.3) is 10.9 Å². The van der Waals surface area contributed by atoms with Crippen LogP contribution in [0.15, 0.2) is 24.3 Å². The van der Waals surface area contributed by atoms with Gasteiger partial charge in [-0.1, -0.05) is 25.1 Å². The average Bonchev–Trinajstić information content (AvgIpc) is 2.39. The highest BCUT2D eigenvalue weighted by Crippen LogP contribution is 2.26. The third kappa shape index (κ3) is 2.11. The molecule has 18 heavy (non-hydrogen) atoms. The maximum absolute atomic E-state index is 4.82. The number of rotatable bonds is 1. The Bertz CT molecular complexity index is 566. The minimum absolute atomic E-state index is 0. The monoisotopic (exact) mass is 262 g/mol. The smallest absolute Gasteiger partial charge is 0.0708 e. The zero-order valence-corrected chi connectivity index (χ0v) is 11.8. The fraction of sp³-hybridized carbons (Fsp3) is 0.400. The van der Waals surface area contributed by atoms with E-state index in [9.17, 15) is 0 Å². The van der Waals surface area contributed by atoms with Crippen LogP contribution in [-0.2, 0) is 13.0 Å². The molecule has 0 fully saturated rings. The summed E-state index contributed by atoms with van der Waals surface area (Å²) in [5, 5.41) is 1.31. The van der Waals surface area contributed by atoms with Crippen molar-refractivity contribution in [1.82, 2.24) is 9.88 Å². The Kier molecular flexibility index (Phi) is 3.88. The van der Waals surface area contributed by atoms with Crippen LogP contribution < -0.4 is 0 Å². The normalized spacial score (nSPS) is 15.2. The van der Waals surface area contributed by atoms with E-state index in [2.05, 4.69) is 43.0 Å². The summed E-state index contributed by atoms with van der Waals surface area (Å²) < 4.78 is 0. The van der Waals surface area contributed by atoms with Crippen LogP contribution in [0, 0.1) is 6.92 Å². The summed E-state index contributed by atoms with van der Waals surface area (Å²) in [6.07, 6.45) is 1.09. The Balaban J connectivity index is 0.00000120. The summed E-state index contributed by atoms with van der Waals surface area (Å²) in [4.78, 5) is 7.31. The number of halogens is 1. The molecule has 0 N–H and O–H groups in total. The Labute approximate surface area is 114 Å². The minimum atomic E-state index is 0. The summed E-state index contributed by atoms with van der Waals surface area (Å²) in [5.41, 5.74) is 5.33. The second-order valence-corrected chi connectivity index (χ2v) is 4.80. The molecular weight excluding hydrogens is 244 g/mol. The lowest BCUT2D eigenvalue weighted by atomic mass is 9.97. The van der Waals surface area contributed by atoms with Gasteiger partial charge >= 0.3 is 0 Å². The van der Waals surface area contributed by atoms with Gasteiger partial charge in [0.2, 0.25) is 0 Å². The molecule has 1 aliphatic rings. The van der Waals surface area contributed by atoms with E-state index in [0.717, 1.165) is 31.6 Å². The highest BCUT2D eigenvalue weighted by Gasteiger charge is 2.19. The largest absolute Gasteiger partial charge is 0.299 e. The topological polar surface area (TPSA) is 16.1 Å². The molecule has 0 spiro atoms. The Morgan fingerprint density at radius 1 is 1.28 bits per heavy atom. The number of likely N-dealkylation sites (N-methyl/N-ethyl adjacent to an activating group) is 1. The molecule has 2 aromatic rings. The molecule has 0 amide bonds. The molecule has 0 radical (unpaired) electrons. The van der Waals surface area contributed by atoms with Crippen LogP contribution in [0.4, 0.5) is 0 Å². The zero-order valence-electron chi connectivity index (χ0n) is 10.9. The SMILES string of the molecule is CCN1CCc2nc3ccccc3c(C)c2C1.Cl. The molecule has 1 aliphatic heterocycles. The highest BCUT2D eigenvalue weighted by molar-refractivity contribution is 5.85. The van der Waals surface area contributed by atoms with E-state index in [0.29, 0.717) is 0 Å². The lowest BCUT2D eigenvalue weighted by Crippen LogP contribution is -2.31. The number of fused-ring (bicyclic) bond motifs is 2. The first-order valence-electron chi connectivity index (χ1n) is 6.39. The van der Waals surface area contributed by atoms with Gasteiger partial charge in [-0.3, -0.25) is 9.88 Å². The minimum Gasteiger partial charge on any atom is -0.299 e. The Hall–Kier alpha value is -1.12. The van der Waals surface area contributed by atoms with Crippen LogP contribution in [0.5, 0.6) is 0 Å². The maximum Gasteiger partial charge on any atom is 0.0708 e. The Morgan fingerprint density at radius 2 is 2.06 bits per heavy atom. The van der Waals surface area contributed by atoms with Gasteiger partial charge in [-0.25, -0.2) is 0 Å². The third-order valence-electron chi connectivity index (χ3n) is 3.86. The van der Waals surface area contributed by atoms with Crippen molar-refractivity contribution in [3.63, 3.8) is 0 Å². The number of hydrogen-bond donors (Lipinski definition) is 0. The van der Waals surface area contributed by atoms with Crippen LogP contribution in [0.1, 0.15) is 23.7 Å². The molecule has 0 saturated carbocycles. The molecular formula is C15H19ClN2. The van der Waals surface area contributed by atoms with Crippen molar-refractivity contribution >= 4 is 23.3 Å². The van der Waals surface area contributed by atoms with Crippen molar-refractivity contribution in [1.29, 1.82) is 0 Å². The van der Waals surface area contributed by atoms with Crippen molar-refractivity contribution in [3.8, 4) is 0 Å². The first-order chi connectivity index (χ1) is 8.29. The van der Waals surface area contributed by atoms with Crippen LogP contribution >= 0.6 is 12.4 Å². The highest BCUT2D eigenvalue weighted by atomic mass is 35.5. The predicted molar refractivity (Wildman–Crippen MR) is 78.4 cm³/mol. The number of para-hydroxylation sites is 1. The lowest BCUT2D eigenvalue weighted by Gasteiger charge is -2.28. The second-order valence-electron chi connectivity index (χ2n) is 4.80. The molecule has 0 bridgehead atoms. The van der Waals surface area contributed by atoms with Crippen molar-refractivity contribution in [2.45, 2.75) is 26.8 Å². The molecule has 1 aromatic heterocycles. The van der Waals surface area contributed by atoms with Gasteiger partial charge in [-0.15, -0.1) is 12.4 Å². The number of aryl methyl sites for hydroxylation is 1. The molecule has 3 rings (SSSR count). The van der Waals surface area contributed by atoms with Gasteiger partial charge in [0.05, 0.1) is 5.52 Å². The van der Waals surface area contributed by atoms with Gasteiger partial charge in [0.1, 0.15) is 0 Å². The molecule has 3 heteroatoms. The predicted octanol–water partition coefficient (Wildman–Crippen LogP) is 3.34.